The first-order valence-corrected chi connectivity index (χ1v) is 8.80. The zero-order valence-corrected chi connectivity index (χ0v) is 15.7. The summed E-state index contributed by atoms with van der Waals surface area (Å²) in [5.74, 6) is -0.458. The van der Waals surface area contributed by atoms with Gasteiger partial charge in [0.1, 0.15) is 11.6 Å². The summed E-state index contributed by atoms with van der Waals surface area (Å²) in [5.41, 5.74) is 0.705. The Bertz CT molecular complexity index is 995. The van der Waals surface area contributed by atoms with Gasteiger partial charge in [0.05, 0.1) is 22.9 Å². The van der Waals surface area contributed by atoms with Gasteiger partial charge in [0.25, 0.3) is 0 Å². The second-order valence-corrected chi connectivity index (χ2v) is 6.30. The highest BCUT2D eigenvalue weighted by Gasteiger charge is 2.14. The molecule has 0 N–H and O–H groups in total. The van der Waals surface area contributed by atoms with Gasteiger partial charge >= 0.3 is 5.97 Å². The molecule has 2 aromatic carbocycles. The van der Waals surface area contributed by atoms with Crippen LogP contribution in [-0.2, 0) is 4.74 Å². The van der Waals surface area contributed by atoms with E-state index in [0.717, 1.165) is 0 Å². The van der Waals surface area contributed by atoms with Crippen LogP contribution in [0.1, 0.15) is 17.3 Å². The molecule has 0 atom stereocenters. The minimum atomic E-state index is -0.529. The summed E-state index contributed by atoms with van der Waals surface area (Å²) in [6.45, 7) is 1.93. The first-order chi connectivity index (χ1) is 13.0. The number of pyridine rings is 1. The first kappa shape index (κ1) is 19.1. The van der Waals surface area contributed by atoms with Crippen molar-refractivity contribution in [2.45, 2.75) is 6.92 Å². The molecule has 0 spiro atoms. The molecule has 1 heterocycles. The molecule has 0 radical (unpaired) electrons. The van der Waals surface area contributed by atoms with Crippen molar-refractivity contribution in [3.05, 3.63) is 76.0 Å². The Morgan fingerprint density at radius 2 is 1.93 bits per heavy atom. The summed E-state index contributed by atoms with van der Waals surface area (Å²) in [7, 11) is 0. The van der Waals surface area contributed by atoms with E-state index in [-0.39, 0.29) is 23.6 Å². The third-order valence-corrected chi connectivity index (χ3v) is 4.12. The molecule has 1 aromatic heterocycles. The number of carbonyl (C=O) groups is 1. The van der Waals surface area contributed by atoms with Crippen LogP contribution in [0.4, 0.5) is 4.39 Å². The van der Waals surface area contributed by atoms with Crippen LogP contribution in [-0.4, -0.2) is 17.6 Å². The van der Waals surface area contributed by atoms with Crippen LogP contribution in [0.5, 0.6) is 11.6 Å². The Hall–Kier alpha value is -2.63. The van der Waals surface area contributed by atoms with Crippen LogP contribution in [0.15, 0.2) is 54.6 Å². The molecular weight excluding hydrogens is 392 g/mol. The Morgan fingerprint density at radius 3 is 2.67 bits per heavy atom. The smallest absolute Gasteiger partial charge is 0.338 e. The lowest BCUT2D eigenvalue weighted by Crippen LogP contribution is -2.05. The van der Waals surface area contributed by atoms with Crippen molar-refractivity contribution < 1.29 is 18.7 Å². The number of rotatable bonds is 5. The van der Waals surface area contributed by atoms with E-state index >= 15 is 0 Å². The molecular formula is C20H14Cl2FNO3. The van der Waals surface area contributed by atoms with Crippen LogP contribution in [0.2, 0.25) is 10.0 Å². The lowest BCUT2D eigenvalue weighted by molar-refractivity contribution is 0.0526. The normalized spacial score (nSPS) is 10.5. The fourth-order valence-electron chi connectivity index (χ4n) is 2.36. The van der Waals surface area contributed by atoms with Crippen LogP contribution in [0.3, 0.4) is 0 Å². The van der Waals surface area contributed by atoms with Gasteiger partial charge < -0.3 is 9.47 Å². The van der Waals surface area contributed by atoms with E-state index in [4.69, 9.17) is 32.7 Å². The molecule has 0 saturated carbocycles. The quantitative estimate of drug-likeness (QED) is 0.476. The summed E-state index contributed by atoms with van der Waals surface area (Å²) in [6.07, 6.45) is 0. The number of aromatic nitrogens is 1. The molecule has 0 aliphatic carbocycles. The molecule has 0 bridgehead atoms. The van der Waals surface area contributed by atoms with Crippen molar-refractivity contribution >= 4 is 29.2 Å². The van der Waals surface area contributed by atoms with Gasteiger partial charge in [0, 0.05) is 16.7 Å². The predicted octanol–water partition coefficient (Wildman–Crippen LogP) is 6.16. The van der Waals surface area contributed by atoms with Gasteiger partial charge in [-0.3, -0.25) is 0 Å². The van der Waals surface area contributed by atoms with Gasteiger partial charge in [0.2, 0.25) is 5.88 Å². The maximum absolute atomic E-state index is 14.3. The standard InChI is InChI=1S/C20H14Cl2FNO3/c1-2-26-20(25)12-6-8-16(23)14(10-12)17-4-3-5-19(24-17)27-18-9-7-13(21)11-15(18)22/h3-11H,2H2,1H3. The lowest BCUT2D eigenvalue weighted by Gasteiger charge is -2.10. The summed E-state index contributed by atoms with van der Waals surface area (Å²) < 4.78 is 24.9. The van der Waals surface area contributed by atoms with Crippen molar-refractivity contribution in [1.29, 1.82) is 0 Å². The molecule has 138 valence electrons. The lowest BCUT2D eigenvalue weighted by atomic mass is 10.1. The van der Waals surface area contributed by atoms with Gasteiger partial charge in [-0.15, -0.1) is 0 Å². The van der Waals surface area contributed by atoms with Crippen LogP contribution < -0.4 is 4.74 Å². The van der Waals surface area contributed by atoms with Gasteiger partial charge in [-0.2, -0.15) is 0 Å². The first-order valence-electron chi connectivity index (χ1n) is 8.05. The summed E-state index contributed by atoms with van der Waals surface area (Å²) in [4.78, 5) is 16.2. The second-order valence-electron chi connectivity index (χ2n) is 5.45. The highest BCUT2D eigenvalue weighted by molar-refractivity contribution is 6.35. The predicted molar refractivity (Wildman–Crippen MR) is 102 cm³/mol. The molecule has 3 aromatic rings. The Morgan fingerprint density at radius 1 is 1.11 bits per heavy atom. The fourth-order valence-corrected chi connectivity index (χ4v) is 2.80. The Labute approximate surface area is 165 Å². The third kappa shape index (κ3) is 4.56. The Kier molecular flexibility index (Phi) is 5.94. The van der Waals surface area contributed by atoms with Crippen molar-refractivity contribution in [2.75, 3.05) is 6.61 Å². The van der Waals surface area contributed by atoms with Crippen molar-refractivity contribution in [3.8, 4) is 22.9 Å². The number of esters is 1. The molecule has 27 heavy (non-hydrogen) atoms. The number of hydrogen-bond donors (Lipinski definition) is 0. The second kappa shape index (κ2) is 8.37. The highest BCUT2D eigenvalue weighted by Crippen LogP contribution is 2.32. The van der Waals surface area contributed by atoms with Gasteiger partial charge in [0.15, 0.2) is 0 Å². The topological polar surface area (TPSA) is 48.4 Å². The van der Waals surface area contributed by atoms with Gasteiger partial charge in [-0.1, -0.05) is 29.3 Å². The number of hydrogen-bond acceptors (Lipinski definition) is 4. The number of nitrogens with zero attached hydrogens (tertiary/aromatic N) is 1. The van der Waals surface area contributed by atoms with E-state index in [1.165, 1.54) is 18.2 Å². The van der Waals surface area contributed by atoms with E-state index in [9.17, 15) is 9.18 Å². The maximum Gasteiger partial charge on any atom is 0.338 e. The Balaban J connectivity index is 1.93. The van der Waals surface area contributed by atoms with Gasteiger partial charge in [-0.05, 0) is 49.4 Å². The summed E-state index contributed by atoms with van der Waals surface area (Å²) >= 11 is 12.0. The molecule has 0 aliphatic rings. The molecule has 3 rings (SSSR count). The third-order valence-electron chi connectivity index (χ3n) is 3.59. The molecule has 0 fully saturated rings. The molecule has 0 amide bonds. The van der Waals surface area contributed by atoms with Crippen molar-refractivity contribution in [2.24, 2.45) is 0 Å². The van der Waals surface area contributed by atoms with E-state index in [2.05, 4.69) is 4.98 Å². The molecule has 0 saturated heterocycles. The SMILES string of the molecule is CCOC(=O)c1ccc(F)c(-c2cccc(Oc3ccc(Cl)cc3Cl)n2)c1. The monoisotopic (exact) mass is 405 g/mol. The minimum Gasteiger partial charge on any atom is -0.462 e. The fraction of sp³-hybridized carbons (Fsp3) is 0.100. The molecule has 0 aliphatic heterocycles. The molecule has 0 unspecified atom stereocenters. The molecule has 4 nitrogen and oxygen atoms in total. The van der Waals surface area contributed by atoms with Crippen molar-refractivity contribution in [1.82, 2.24) is 4.98 Å². The summed E-state index contributed by atoms with van der Waals surface area (Å²) in [6, 6.07) is 13.6. The van der Waals surface area contributed by atoms with E-state index in [0.29, 0.717) is 21.5 Å². The van der Waals surface area contributed by atoms with Crippen LogP contribution in [0, 0.1) is 5.82 Å². The average molecular weight is 406 g/mol. The van der Waals surface area contributed by atoms with Gasteiger partial charge in [-0.25, -0.2) is 14.2 Å². The molecule has 7 heteroatoms. The van der Waals surface area contributed by atoms with Crippen LogP contribution >= 0.6 is 23.2 Å². The largest absolute Gasteiger partial charge is 0.462 e. The average Bonchev–Trinajstić information content (AvgIpc) is 2.65. The summed E-state index contributed by atoms with van der Waals surface area (Å²) in [5, 5.41) is 0.803. The number of ether oxygens (including phenoxy) is 2. The van der Waals surface area contributed by atoms with E-state index in [1.807, 2.05) is 0 Å². The zero-order valence-electron chi connectivity index (χ0n) is 14.2. The number of carbonyl (C=O) groups excluding carboxylic acids is 1. The number of halogens is 3. The number of benzene rings is 2. The van der Waals surface area contributed by atoms with Crippen LogP contribution in [0.25, 0.3) is 11.3 Å². The zero-order chi connectivity index (χ0) is 19.4. The van der Waals surface area contributed by atoms with Crippen molar-refractivity contribution in [3.63, 3.8) is 0 Å². The highest BCUT2D eigenvalue weighted by atomic mass is 35.5. The van der Waals surface area contributed by atoms with E-state index < -0.39 is 11.8 Å². The van der Waals surface area contributed by atoms with E-state index in [1.54, 1.807) is 43.3 Å². The maximum atomic E-state index is 14.3. The minimum absolute atomic E-state index is 0.160.